The van der Waals surface area contributed by atoms with Crippen LogP contribution in [0.25, 0.3) is 10.9 Å². The Morgan fingerprint density at radius 1 is 1.09 bits per heavy atom. The van der Waals surface area contributed by atoms with E-state index in [1.807, 2.05) is 30.3 Å². The van der Waals surface area contributed by atoms with Crippen LogP contribution in [-0.2, 0) is 4.74 Å². The Balaban J connectivity index is 1.85. The number of rotatable bonds is 6. The number of hydrogen-bond acceptors (Lipinski definition) is 6. The van der Waals surface area contributed by atoms with Gasteiger partial charge in [0.05, 0.1) is 29.7 Å². The van der Waals surface area contributed by atoms with Gasteiger partial charge in [0.2, 0.25) is 0 Å². The van der Waals surface area contributed by atoms with Crippen molar-refractivity contribution in [1.29, 1.82) is 0 Å². The summed E-state index contributed by atoms with van der Waals surface area (Å²) in [6, 6.07) is 11.4. The minimum Gasteiger partial charge on any atom is -0.491 e. The molecule has 3 rings (SSSR count). The molecule has 0 aliphatic carbocycles. The fourth-order valence-corrected chi connectivity index (χ4v) is 2.19. The molecule has 0 saturated heterocycles. The Labute approximate surface area is 134 Å². The number of pyridine rings is 2. The van der Waals surface area contributed by atoms with Crippen LogP contribution in [0.15, 0.2) is 48.8 Å². The molecule has 0 saturated carbocycles. The molecule has 0 bridgehead atoms. The number of anilines is 3. The highest BCUT2D eigenvalue weighted by Crippen LogP contribution is 2.27. The maximum absolute atomic E-state index is 5.65. The van der Waals surface area contributed by atoms with Crippen molar-refractivity contribution in [2.24, 2.45) is 0 Å². The van der Waals surface area contributed by atoms with Gasteiger partial charge in [-0.3, -0.25) is 4.98 Å². The summed E-state index contributed by atoms with van der Waals surface area (Å²) in [6.45, 7) is 1.06. The molecule has 3 N–H and O–H groups in total. The zero-order chi connectivity index (χ0) is 16.1. The topological polar surface area (TPSA) is 82.3 Å². The summed E-state index contributed by atoms with van der Waals surface area (Å²) in [6.07, 6.45) is 3.37. The number of aromatic nitrogens is 2. The number of methoxy groups -OCH3 is 1. The number of nitrogens with one attached hydrogen (secondary N) is 1. The Kier molecular flexibility index (Phi) is 4.54. The van der Waals surface area contributed by atoms with E-state index in [2.05, 4.69) is 15.3 Å². The molecular weight excluding hydrogens is 292 g/mol. The quantitative estimate of drug-likeness (QED) is 0.681. The highest BCUT2D eigenvalue weighted by molar-refractivity contribution is 5.93. The molecular formula is C17H18N4O2. The van der Waals surface area contributed by atoms with Crippen LogP contribution < -0.4 is 15.8 Å². The highest BCUT2D eigenvalue weighted by Gasteiger charge is 2.05. The average Bonchev–Trinajstić information content (AvgIpc) is 2.57. The first-order valence-electron chi connectivity index (χ1n) is 7.25. The summed E-state index contributed by atoms with van der Waals surface area (Å²) in [5.74, 6) is 1.50. The number of fused-ring (bicyclic) bond motifs is 1. The third-order valence-corrected chi connectivity index (χ3v) is 3.32. The smallest absolute Gasteiger partial charge is 0.130 e. The SMILES string of the molecule is COCCOc1ccc2c(Nc3ccc(N)cn3)ccnc2c1. The molecule has 0 fully saturated rings. The first-order valence-corrected chi connectivity index (χ1v) is 7.25. The number of nitrogens with zero attached hydrogens (tertiary/aromatic N) is 2. The molecule has 118 valence electrons. The molecule has 0 radical (unpaired) electrons. The van der Waals surface area contributed by atoms with E-state index in [1.54, 1.807) is 25.6 Å². The van der Waals surface area contributed by atoms with E-state index in [1.165, 1.54) is 0 Å². The zero-order valence-corrected chi connectivity index (χ0v) is 12.8. The fourth-order valence-electron chi connectivity index (χ4n) is 2.19. The monoisotopic (exact) mass is 310 g/mol. The lowest BCUT2D eigenvalue weighted by atomic mass is 10.2. The molecule has 6 nitrogen and oxygen atoms in total. The summed E-state index contributed by atoms with van der Waals surface area (Å²) >= 11 is 0. The Hall–Kier alpha value is -2.86. The minimum atomic E-state index is 0.509. The van der Waals surface area contributed by atoms with Gasteiger partial charge >= 0.3 is 0 Å². The minimum absolute atomic E-state index is 0.509. The van der Waals surface area contributed by atoms with E-state index in [4.69, 9.17) is 15.2 Å². The predicted molar refractivity (Wildman–Crippen MR) is 91.0 cm³/mol. The van der Waals surface area contributed by atoms with Crippen molar-refractivity contribution < 1.29 is 9.47 Å². The second-order valence-electron chi connectivity index (χ2n) is 4.98. The molecule has 6 heteroatoms. The third-order valence-electron chi connectivity index (χ3n) is 3.32. The third kappa shape index (κ3) is 3.67. The molecule has 1 aromatic carbocycles. The molecule has 0 atom stereocenters. The first-order chi connectivity index (χ1) is 11.3. The number of hydrogen-bond donors (Lipinski definition) is 2. The highest BCUT2D eigenvalue weighted by atomic mass is 16.5. The first kappa shape index (κ1) is 15.1. The number of nitrogens with two attached hydrogens (primary N) is 1. The van der Waals surface area contributed by atoms with E-state index in [9.17, 15) is 0 Å². The molecule has 23 heavy (non-hydrogen) atoms. The van der Waals surface area contributed by atoms with Gasteiger partial charge in [-0.2, -0.15) is 0 Å². The Morgan fingerprint density at radius 2 is 2.00 bits per heavy atom. The van der Waals surface area contributed by atoms with Crippen molar-refractivity contribution in [2.45, 2.75) is 0 Å². The molecule has 0 amide bonds. The fraction of sp³-hybridized carbons (Fsp3) is 0.176. The van der Waals surface area contributed by atoms with E-state index < -0.39 is 0 Å². The molecule has 3 aromatic rings. The summed E-state index contributed by atoms with van der Waals surface area (Å²) in [5.41, 5.74) is 8.06. The van der Waals surface area contributed by atoms with Gasteiger partial charge in [0.1, 0.15) is 18.2 Å². The van der Waals surface area contributed by atoms with Crippen LogP contribution in [0.3, 0.4) is 0 Å². The zero-order valence-electron chi connectivity index (χ0n) is 12.8. The molecule has 2 heterocycles. The van der Waals surface area contributed by atoms with Crippen LogP contribution in [0.2, 0.25) is 0 Å². The lowest BCUT2D eigenvalue weighted by Gasteiger charge is -2.10. The second kappa shape index (κ2) is 6.93. The van der Waals surface area contributed by atoms with E-state index in [-0.39, 0.29) is 0 Å². The van der Waals surface area contributed by atoms with Gasteiger partial charge in [-0.1, -0.05) is 0 Å². The van der Waals surface area contributed by atoms with Crippen molar-refractivity contribution in [3.8, 4) is 5.75 Å². The van der Waals surface area contributed by atoms with Crippen molar-refractivity contribution >= 4 is 28.1 Å². The van der Waals surface area contributed by atoms with Crippen LogP contribution >= 0.6 is 0 Å². The van der Waals surface area contributed by atoms with Crippen LogP contribution in [0.5, 0.6) is 5.75 Å². The molecule has 0 aliphatic rings. The standard InChI is InChI=1S/C17H18N4O2/c1-22-8-9-23-13-3-4-14-15(6-7-19-16(14)10-13)21-17-5-2-12(18)11-20-17/h2-7,10-11H,8-9,18H2,1H3,(H,19,20,21). The van der Waals surface area contributed by atoms with Gasteiger partial charge < -0.3 is 20.5 Å². The maximum atomic E-state index is 5.65. The summed E-state index contributed by atoms with van der Waals surface area (Å²) < 4.78 is 10.6. The van der Waals surface area contributed by atoms with Crippen molar-refractivity contribution in [3.05, 3.63) is 48.8 Å². The van der Waals surface area contributed by atoms with Crippen LogP contribution in [0.4, 0.5) is 17.2 Å². The van der Waals surface area contributed by atoms with Crippen LogP contribution in [0.1, 0.15) is 0 Å². The normalized spacial score (nSPS) is 10.7. The Bertz CT molecular complexity index is 790. The summed E-state index contributed by atoms with van der Waals surface area (Å²) in [7, 11) is 1.65. The van der Waals surface area contributed by atoms with E-state index in [0.29, 0.717) is 18.9 Å². The van der Waals surface area contributed by atoms with Crippen LogP contribution in [-0.4, -0.2) is 30.3 Å². The summed E-state index contributed by atoms with van der Waals surface area (Å²) in [5, 5.41) is 4.27. The Morgan fingerprint density at radius 3 is 2.78 bits per heavy atom. The summed E-state index contributed by atoms with van der Waals surface area (Å²) in [4.78, 5) is 8.65. The van der Waals surface area contributed by atoms with Gasteiger partial charge in [-0.05, 0) is 30.3 Å². The van der Waals surface area contributed by atoms with E-state index in [0.717, 1.165) is 28.2 Å². The number of nitrogen functional groups attached to an aromatic ring is 1. The molecule has 2 aromatic heterocycles. The number of ether oxygens (including phenoxy) is 2. The van der Waals surface area contributed by atoms with E-state index >= 15 is 0 Å². The van der Waals surface area contributed by atoms with Crippen molar-refractivity contribution in [3.63, 3.8) is 0 Å². The molecule has 0 spiro atoms. The van der Waals surface area contributed by atoms with Gasteiger partial charge in [0, 0.05) is 24.8 Å². The lowest BCUT2D eigenvalue weighted by Crippen LogP contribution is -2.04. The van der Waals surface area contributed by atoms with Crippen LogP contribution in [0, 0.1) is 0 Å². The van der Waals surface area contributed by atoms with Crippen molar-refractivity contribution in [2.75, 3.05) is 31.4 Å². The van der Waals surface area contributed by atoms with Gasteiger partial charge in [0.15, 0.2) is 0 Å². The largest absolute Gasteiger partial charge is 0.491 e. The van der Waals surface area contributed by atoms with Crippen molar-refractivity contribution in [1.82, 2.24) is 9.97 Å². The molecule has 0 aliphatic heterocycles. The van der Waals surface area contributed by atoms with Gasteiger partial charge in [-0.15, -0.1) is 0 Å². The second-order valence-corrected chi connectivity index (χ2v) is 4.98. The molecule has 0 unspecified atom stereocenters. The van der Waals surface area contributed by atoms with Gasteiger partial charge in [0.25, 0.3) is 0 Å². The van der Waals surface area contributed by atoms with Gasteiger partial charge in [-0.25, -0.2) is 4.98 Å². The predicted octanol–water partition coefficient (Wildman–Crippen LogP) is 2.98. The lowest BCUT2D eigenvalue weighted by molar-refractivity contribution is 0.146. The number of benzene rings is 1. The maximum Gasteiger partial charge on any atom is 0.130 e. The average molecular weight is 310 g/mol.